The molecule has 0 saturated carbocycles. The zero-order valence-electron chi connectivity index (χ0n) is 13.3. The van der Waals surface area contributed by atoms with Gasteiger partial charge in [-0.05, 0) is 35.2 Å². The number of hydrogen-bond acceptors (Lipinski definition) is 3. The van der Waals surface area contributed by atoms with Gasteiger partial charge in [0.05, 0.1) is 0 Å². The average molecular weight is 338 g/mol. The van der Waals surface area contributed by atoms with Gasteiger partial charge in [0.1, 0.15) is 17.2 Å². The third-order valence-electron chi connectivity index (χ3n) is 3.12. The van der Waals surface area contributed by atoms with E-state index in [2.05, 4.69) is 50.7 Å². The van der Waals surface area contributed by atoms with E-state index in [9.17, 15) is 3.89 Å². The van der Waals surface area contributed by atoms with Crippen molar-refractivity contribution in [3.05, 3.63) is 59.3 Å². The average Bonchev–Trinajstić information content (AvgIpc) is 2.61. The maximum atomic E-state index is 12.5. The highest BCUT2D eigenvalue weighted by molar-refractivity contribution is 7.94. The SMILES string of the molecule is CC.CCc1cccc(CNC(P)c2ccnc(SF)c2)c1. The molecular formula is C17H24FN2PS. The van der Waals surface area contributed by atoms with Crippen molar-refractivity contribution in [3.63, 3.8) is 0 Å². The maximum Gasteiger partial charge on any atom is 0.129 e. The number of pyridine rings is 1. The first-order valence-electron chi connectivity index (χ1n) is 7.54. The summed E-state index contributed by atoms with van der Waals surface area (Å²) in [6.07, 6.45) is 2.67. The van der Waals surface area contributed by atoms with Crippen LogP contribution in [-0.2, 0) is 13.0 Å². The van der Waals surface area contributed by atoms with Gasteiger partial charge in [0.15, 0.2) is 0 Å². The van der Waals surface area contributed by atoms with Gasteiger partial charge in [0.25, 0.3) is 0 Å². The van der Waals surface area contributed by atoms with E-state index in [1.807, 2.05) is 19.9 Å². The Hall–Kier alpha value is -0.960. The number of aryl methyl sites for hydroxylation is 1. The van der Waals surface area contributed by atoms with Crippen LogP contribution in [0.2, 0.25) is 0 Å². The minimum atomic E-state index is 0.0779. The molecule has 0 aliphatic rings. The van der Waals surface area contributed by atoms with Crippen LogP contribution < -0.4 is 5.32 Å². The highest BCUT2D eigenvalue weighted by atomic mass is 32.2. The van der Waals surface area contributed by atoms with Crippen LogP contribution in [0.3, 0.4) is 0 Å². The number of benzene rings is 1. The number of nitrogens with one attached hydrogen (secondary N) is 1. The molecule has 2 nitrogen and oxygen atoms in total. The molecule has 0 aliphatic heterocycles. The van der Waals surface area contributed by atoms with E-state index in [4.69, 9.17) is 0 Å². The number of hydrogen-bond donors (Lipinski definition) is 1. The van der Waals surface area contributed by atoms with Gasteiger partial charge in [0, 0.05) is 18.5 Å². The van der Waals surface area contributed by atoms with Gasteiger partial charge >= 0.3 is 0 Å². The van der Waals surface area contributed by atoms with Crippen molar-refractivity contribution in [1.82, 2.24) is 10.3 Å². The van der Waals surface area contributed by atoms with Crippen LogP contribution in [-0.4, -0.2) is 4.98 Å². The van der Waals surface area contributed by atoms with Crippen LogP contribution in [0.1, 0.15) is 43.2 Å². The molecule has 1 aromatic carbocycles. The largest absolute Gasteiger partial charge is 0.303 e. The van der Waals surface area contributed by atoms with E-state index in [1.54, 1.807) is 12.3 Å². The Morgan fingerprint density at radius 2 is 1.95 bits per heavy atom. The molecular weight excluding hydrogens is 314 g/mol. The van der Waals surface area contributed by atoms with Gasteiger partial charge in [-0.15, -0.1) is 9.24 Å². The monoisotopic (exact) mass is 338 g/mol. The van der Waals surface area contributed by atoms with Crippen LogP contribution in [0.25, 0.3) is 0 Å². The zero-order chi connectivity index (χ0) is 16.4. The van der Waals surface area contributed by atoms with E-state index in [0.29, 0.717) is 5.03 Å². The van der Waals surface area contributed by atoms with Crippen LogP contribution in [0.15, 0.2) is 47.6 Å². The molecule has 0 spiro atoms. The van der Waals surface area contributed by atoms with Gasteiger partial charge in [-0.2, -0.15) is 3.89 Å². The minimum Gasteiger partial charge on any atom is -0.303 e. The Balaban J connectivity index is 0.00000116. The quantitative estimate of drug-likeness (QED) is 0.723. The first-order chi connectivity index (χ1) is 10.7. The minimum absolute atomic E-state index is 0.0779. The second kappa shape index (κ2) is 10.7. The topological polar surface area (TPSA) is 24.9 Å². The highest BCUT2D eigenvalue weighted by Crippen LogP contribution is 2.24. The summed E-state index contributed by atoms with van der Waals surface area (Å²) in [6.45, 7) is 6.93. The van der Waals surface area contributed by atoms with Gasteiger partial charge in [-0.25, -0.2) is 4.98 Å². The normalized spacial score (nSPS) is 11.5. The lowest BCUT2D eigenvalue weighted by atomic mass is 10.1. The molecule has 1 heterocycles. The molecule has 0 amide bonds. The molecule has 0 radical (unpaired) electrons. The predicted molar refractivity (Wildman–Crippen MR) is 97.7 cm³/mol. The molecule has 5 heteroatoms. The van der Waals surface area contributed by atoms with Crippen molar-refractivity contribution in [2.24, 2.45) is 0 Å². The van der Waals surface area contributed by atoms with Crippen molar-refractivity contribution >= 4 is 21.4 Å². The third-order valence-corrected chi connectivity index (χ3v) is 4.12. The molecule has 1 N–H and O–H groups in total. The molecule has 1 aromatic heterocycles. The molecule has 0 aliphatic carbocycles. The van der Waals surface area contributed by atoms with E-state index < -0.39 is 0 Å². The first-order valence-corrected chi connectivity index (χ1v) is 8.92. The Morgan fingerprint density at radius 3 is 2.64 bits per heavy atom. The summed E-state index contributed by atoms with van der Waals surface area (Å²) in [5.74, 6) is 0.0779. The summed E-state index contributed by atoms with van der Waals surface area (Å²) in [7, 11) is 2.74. The van der Waals surface area contributed by atoms with Gasteiger partial charge in [-0.1, -0.05) is 45.0 Å². The van der Waals surface area contributed by atoms with Crippen molar-refractivity contribution in [2.45, 2.75) is 44.5 Å². The van der Waals surface area contributed by atoms with E-state index in [0.717, 1.165) is 18.5 Å². The molecule has 120 valence electrons. The molecule has 2 rings (SSSR count). The maximum absolute atomic E-state index is 12.5. The number of aromatic nitrogens is 1. The Bertz CT molecular complexity index is 566. The summed E-state index contributed by atoms with van der Waals surface area (Å²) < 4.78 is 12.5. The van der Waals surface area contributed by atoms with E-state index >= 15 is 0 Å². The van der Waals surface area contributed by atoms with Crippen molar-refractivity contribution in [1.29, 1.82) is 0 Å². The standard InChI is InChI=1S/C15H18FN2PS.C2H6/c1-2-11-4-3-5-12(8-11)10-18-15(19)13-6-7-17-14(9-13)20-16;1-2/h3-9,15,18H,2,10,19H2,1H3;1-2H3. The molecule has 2 unspecified atom stereocenters. The summed E-state index contributed by atoms with van der Waals surface area (Å²) in [5, 5.41) is 3.81. The van der Waals surface area contributed by atoms with Crippen molar-refractivity contribution in [2.75, 3.05) is 0 Å². The highest BCUT2D eigenvalue weighted by Gasteiger charge is 2.07. The molecule has 2 atom stereocenters. The first kappa shape index (κ1) is 19.1. The lowest BCUT2D eigenvalue weighted by Crippen LogP contribution is -2.16. The second-order valence-electron chi connectivity index (χ2n) is 4.54. The van der Waals surface area contributed by atoms with E-state index in [1.165, 1.54) is 11.1 Å². The molecule has 0 bridgehead atoms. The number of halogens is 1. The fourth-order valence-corrected chi connectivity index (χ4v) is 2.57. The predicted octanol–water partition coefficient (Wildman–Crippen LogP) is 5.31. The van der Waals surface area contributed by atoms with Crippen LogP contribution >= 0.6 is 21.4 Å². The summed E-state index contributed by atoms with van der Waals surface area (Å²) in [5.41, 5.74) is 3.60. The van der Waals surface area contributed by atoms with Crippen molar-refractivity contribution in [3.8, 4) is 0 Å². The lowest BCUT2D eigenvalue weighted by Gasteiger charge is -2.14. The summed E-state index contributed by atoms with van der Waals surface area (Å²) in [6, 6.07) is 12.2. The van der Waals surface area contributed by atoms with Crippen LogP contribution in [0.5, 0.6) is 0 Å². The number of rotatable bonds is 6. The molecule has 0 saturated heterocycles. The Kier molecular flexibility index (Phi) is 9.30. The number of nitrogens with zero attached hydrogens (tertiary/aromatic N) is 1. The molecule has 0 fully saturated rings. The van der Waals surface area contributed by atoms with Gasteiger partial charge < -0.3 is 5.32 Å². The fraction of sp³-hybridized carbons (Fsp3) is 0.353. The zero-order valence-corrected chi connectivity index (χ0v) is 15.3. The Labute approximate surface area is 139 Å². The van der Waals surface area contributed by atoms with Gasteiger partial charge in [-0.3, -0.25) is 0 Å². The summed E-state index contributed by atoms with van der Waals surface area (Å²) in [4.78, 5) is 3.93. The smallest absolute Gasteiger partial charge is 0.129 e. The van der Waals surface area contributed by atoms with E-state index in [-0.39, 0.29) is 17.9 Å². The van der Waals surface area contributed by atoms with Crippen LogP contribution in [0.4, 0.5) is 3.89 Å². The Morgan fingerprint density at radius 1 is 1.23 bits per heavy atom. The van der Waals surface area contributed by atoms with Gasteiger partial charge in [0.2, 0.25) is 0 Å². The second-order valence-corrected chi connectivity index (χ2v) is 5.78. The third kappa shape index (κ3) is 6.04. The lowest BCUT2D eigenvalue weighted by molar-refractivity contribution is 0.674. The van der Waals surface area contributed by atoms with Crippen molar-refractivity contribution < 1.29 is 3.89 Å². The molecule has 22 heavy (non-hydrogen) atoms. The van der Waals surface area contributed by atoms with Crippen LogP contribution in [0, 0.1) is 0 Å². The summed E-state index contributed by atoms with van der Waals surface area (Å²) >= 11 is 0.172. The fourth-order valence-electron chi connectivity index (χ4n) is 1.97. The molecule has 2 aromatic rings.